The van der Waals surface area contributed by atoms with Gasteiger partial charge in [0.05, 0.1) is 0 Å². The van der Waals surface area contributed by atoms with Crippen LogP contribution in [-0.4, -0.2) is 19.5 Å². The van der Waals surface area contributed by atoms with Gasteiger partial charge in [-0.25, -0.2) is 9.78 Å². The summed E-state index contributed by atoms with van der Waals surface area (Å²) in [6.07, 6.45) is 0.969. The van der Waals surface area contributed by atoms with Crippen molar-refractivity contribution in [3.63, 3.8) is 0 Å². The van der Waals surface area contributed by atoms with E-state index in [4.69, 9.17) is 0 Å². The predicted molar refractivity (Wildman–Crippen MR) is 65.2 cm³/mol. The lowest BCUT2D eigenvalue weighted by Gasteiger charge is -2.10. The molecule has 0 saturated heterocycles. The van der Waals surface area contributed by atoms with Crippen LogP contribution in [0, 0.1) is 12.8 Å². The first kappa shape index (κ1) is 11.6. The molecule has 0 saturated carbocycles. The number of aromatic nitrogens is 4. The minimum Gasteiger partial charge on any atom is -0.336 e. The zero-order chi connectivity index (χ0) is 12.6. The van der Waals surface area contributed by atoms with Gasteiger partial charge >= 0.3 is 5.69 Å². The Balaban J connectivity index is 2.69. The van der Waals surface area contributed by atoms with E-state index in [0.29, 0.717) is 29.5 Å². The number of fused-ring (bicyclic) bond motifs is 1. The quantitative estimate of drug-likeness (QED) is 0.825. The zero-order valence-corrected chi connectivity index (χ0v) is 10.2. The minimum atomic E-state index is -0.411. The molecule has 17 heavy (non-hydrogen) atoms. The van der Waals surface area contributed by atoms with Gasteiger partial charge in [-0.1, -0.05) is 20.3 Å². The molecule has 1 unspecified atom stereocenters. The lowest BCUT2D eigenvalue weighted by molar-refractivity contribution is 0.462. The number of hydrogen-bond donors (Lipinski definition) is 2. The summed E-state index contributed by atoms with van der Waals surface area (Å²) in [4.78, 5) is 32.7. The smallest absolute Gasteiger partial charge is 0.330 e. The molecule has 0 fully saturated rings. The molecule has 6 nitrogen and oxygen atoms in total. The van der Waals surface area contributed by atoms with Crippen LogP contribution in [0.2, 0.25) is 0 Å². The Kier molecular flexibility index (Phi) is 2.87. The van der Waals surface area contributed by atoms with Crippen molar-refractivity contribution in [2.75, 3.05) is 0 Å². The molecule has 2 heterocycles. The van der Waals surface area contributed by atoms with Crippen molar-refractivity contribution in [3.8, 4) is 0 Å². The Morgan fingerprint density at radius 2 is 2.06 bits per heavy atom. The van der Waals surface area contributed by atoms with Crippen LogP contribution in [0.15, 0.2) is 9.59 Å². The van der Waals surface area contributed by atoms with Crippen LogP contribution in [-0.2, 0) is 6.54 Å². The maximum atomic E-state index is 11.8. The Bertz CT molecular complexity index is 650. The average molecular weight is 236 g/mol. The summed E-state index contributed by atoms with van der Waals surface area (Å²) in [7, 11) is 0. The van der Waals surface area contributed by atoms with E-state index in [1.165, 1.54) is 4.57 Å². The van der Waals surface area contributed by atoms with E-state index in [1.807, 2.05) is 0 Å². The molecule has 2 N–H and O–H groups in total. The lowest BCUT2D eigenvalue weighted by atomic mass is 10.1. The molecule has 0 aliphatic rings. The standard InChI is InChI=1S/C11H16N4O2/c1-4-6(2)5-15-9-8(12-7(3)13-9)10(16)14-11(15)17/h6H,4-5H2,1-3H3,(H,12,13)(H,14,16,17). The van der Waals surface area contributed by atoms with Gasteiger partial charge in [0.2, 0.25) is 0 Å². The first-order valence-electron chi connectivity index (χ1n) is 5.72. The number of rotatable bonds is 3. The highest BCUT2D eigenvalue weighted by Crippen LogP contribution is 2.08. The second-order valence-electron chi connectivity index (χ2n) is 4.40. The average Bonchev–Trinajstić information content (AvgIpc) is 2.66. The number of imidazole rings is 1. The lowest BCUT2D eigenvalue weighted by Crippen LogP contribution is -2.31. The van der Waals surface area contributed by atoms with Crippen molar-refractivity contribution in [1.29, 1.82) is 0 Å². The van der Waals surface area contributed by atoms with Crippen molar-refractivity contribution in [2.45, 2.75) is 33.7 Å². The van der Waals surface area contributed by atoms with Crippen LogP contribution in [0.1, 0.15) is 26.1 Å². The number of nitrogens with zero attached hydrogens (tertiary/aromatic N) is 2. The molecule has 2 aromatic heterocycles. The van der Waals surface area contributed by atoms with E-state index in [2.05, 4.69) is 28.8 Å². The van der Waals surface area contributed by atoms with E-state index in [1.54, 1.807) is 6.92 Å². The molecule has 0 aliphatic heterocycles. The monoisotopic (exact) mass is 236 g/mol. The van der Waals surface area contributed by atoms with Crippen LogP contribution in [0.3, 0.4) is 0 Å². The number of H-pyrrole nitrogens is 2. The van der Waals surface area contributed by atoms with Crippen molar-refractivity contribution in [3.05, 3.63) is 26.7 Å². The molecule has 0 radical (unpaired) electrons. The maximum absolute atomic E-state index is 11.8. The third kappa shape index (κ3) is 2.02. The Morgan fingerprint density at radius 1 is 1.35 bits per heavy atom. The predicted octanol–water partition coefficient (Wildman–Crippen LogP) is 0.767. The molecule has 2 aromatic rings. The van der Waals surface area contributed by atoms with Gasteiger partial charge in [-0.2, -0.15) is 0 Å². The molecule has 1 atom stereocenters. The Hall–Kier alpha value is -1.85. The summed E-state index contributed by atoms with van der Waals surface area (Å²) in [6.45, 7) is 6.45. The Morgan fingerprint density at radius 3 is 2.71 bits per heavy atom. The van der Waals surface area contributed by atoms with Crippen molar-refractivity contribution >= 4 is 11.2 Å². The SMILES string of the molecule is CCC(C)Cn1c(=O)[nH]c(=O)c2[nH]c(C)nc21. The molecule has 0 bridgehead atoms. The van der Waals surface area contributed by atoms with Crippen LogP contribution in [0.4, 0.5) is 0 Å². The van der Waals surface area contributed by atoms with E-state index < -0.39 is 11.2 Å². The summed E-state index contributed by atoms with van der Waals surface area (Å²) in [5.41, 5.74) is 0.00209. The summed E-state index contributed by atoms with van der Waals surface area (Å²) in [6, 6.07) is 0. The van der Waals surface area contributed by atoms with Gasteiger partial charge < -0.3 is 4.98 Å². The van der Waals surface area contributed by atoms with Crippen molar-refractivity contribution in [2.24, 2.45) is 5.92 Å². The topological polar surface area (TPSA) is 83.5 Å². The third-order valence-corrected chi connectivity index (χ3v) is 2.94. The number of nitrogens with one attached hydrogen (secondary N) is 2. The van der Waals surface area contributed by atoms with Crippen molar-refractivity contribution < 1.29 is 0 Å². The normalized spacial score (nSPS) is 13.1. The van der Waals surface area contributed by atoms with Crippen LogP contribution in [0.25, 0.3) is 11.2 Å². The van der Waals surface area contributed by atoms with Gasteiger partial charge in [-0.15, -0.1) is 0 Å². The van der Waals surface area contributed by atoms with Gasteiger partial charge in [0, 0.05) is 6.54 Å². The van der Waals surface area contributed by atoms with E-state index >= 15 is 0 Å². The van der Waals surface area contributed by atoms with Gasteiger partial charge in [0.15, 0.2) is 5.65 Å². The summed E-state index contributed by atoms with van der Waals surface area (Å²) < 4.78 is 1.52. The highest BCUT2D eigenvalue weighted by Gasteiger charge is 2.12. The zero-order valence-electron chi connectivity index (χ0n) is 10.2. The largest absolute Gasteiger partial charge is 0.336 e. The summed E-state index contributed by atoms with van der Waals surface area (Å²) in [5.74, 6) is 0.993. The van der Waals surface area contributed by atoms with E-state index in [0.717, 1.165) is 6.42 Å². The maximum Gasteiger partial charge on any atom is 0.330 e. The molecule has 6 heteroatoms. The van der Waals surface area contributed by atoms with Gasteiger partial charge in [0.25, 0.3) is 5.56 Å². The molecule has 92 valence electrons. The molecule has 2 rings (SSSR count). The number of aryl methyl sites for hydroxylation is 1. The Labute approximate surface area is 97.7 Å². The second-order valence-corrected chi connectivity index (χ2v) is 4.40. The molecular weight excluding hydrogens is 220 g/mol. The molecule has 0 spiro atoms. The van der Waals surface area contributed by atoms with Gasteiger partial charge in [-0.3, -0.25) is 14.3 Å². The number of hydrogen-bond acceptors (Lipinski definition) is 3. The van der Waals surface area contributed by atoms with Gasteiger partial charge in [0.1, 0.15) is 11.3 Å². The van der Waals surface area contributed by atoms with E-state index in [9.17, 15) is 9.59 Å². The molecule has 0 amide bonds. The van der Waals surface area contributed by atoms with Crippen LogP contribution < -0.4 is 11.2 Å². The highest BCUT2D eigenvalue weighted by atomic mass is 16.2. The van der Waals surface area contributed by atoms with Crippen molar-refractivity contribution in [1.82, 2.24) is 19.5 Å². The van der Waals surface area contributed by atoms with Gasteiger partial charge in [-0.05, 0) is 12.8 Å². The third-order valence-electron chi connectivity index (χ3n) is 2.94. The fourth-order valence-corrected chi connectivity index (χ4v) is 1.77. The highest BCUT2D eigenvalue weighted by molar-refractivity contribution is 5.69. The number of aromatic amines is 2. The minimum absolute atomic E-state index is 0.360. The second kappa shape index (κ2) is 4.20. The summed E-state index contributed by atoms with van der Waals surface area (Å²) in [5, 5.41) is 0. The first-order chi connectivity index (χ1) is 8.02. The fraction of sp³-hybridized carbons (Fsp3) is 0.545. The molecular formula is C11H16N4O2. The molecule has 0 aliphatic carbocycles. The first-order valence-corrected chi connectivity index (χ1v) is 5.72. The van der Waals surface area contributed by atoms with Crippen LogP contribution >= 0.6 is 0 Å². The summed E-state index contributed by atoms with van der Waals surface area (Å²) >= 11 is 0. The molecule has 0 aromatic carbocycles. The van der Waals surface area contributed by atoms with Crippen LogP contribution in [0.5, 0.6) is 0 Å². The fourth-order valence-electron chi connectivity index (χ4n) is 1.77. The van der Waals surface area contributed by atoms with E-state index in [-0.39, 0.29) is 0 Å².